The molecule has 3 aromatic rings. The van der Waals surface area contributed by atoms with Crippen LogP contribution in [0.2, 0.25) is 0 Å². The molecule has 0 spiro atoms. The predicted molar refractivity (Wildman–Crippen MR) is 90.7 cm³/mol. The third-order valence-electron chi connectivity index (χ3n) is 3.68. The van der Waals surface area contributed by atoms with Crippen molar-refractivity contribution in [1.82, 2.24) is 9.61 Å². The number of aromatic carboxylic acids is 1. The third kappa shape index (κ3) is 2.74. The van der Waals surface area contributed by atoms with Gasteiger partial charge >= 0.3 is 5.97 Å². The summed E-state index contributed by atoms with van der Waals surface area (Å²) in [7, 11) is 0. The van der Waals surface area contributed by atoms with Crippen molar-refractivity contribution in [2.24, 2.45) is 0 Å². The Hall–Kier alpha value is -2.81. The first kappa shape index (κ1) is 18.0. The molecule has 0 aliphatic carbocycles. The van der Waals surface area contributed by atoms with Crippen molar-refractivity contribution in [1.29, 1.82) is 0 Å². The molecule has 0 radical (unpaired) electrons. The van der Waals surface area contributed by atoms with Gasteiger partial charge < -0.3 is 9.84 Å². The van der Waals surface area contributed by atoms with E-state index in [9.17, 15) is 23.1 Å². The van der Waals surface area contributed by atoms with Crippen LogP contribution in [0, 0.1) is 24.4 Å². The monoisotopic (exact) mass is 382 g/mol. The normalized spacial score (nSPS) is 11.1. The third-order valence-corrected chi connectivity index (χ3v) is 4.83. The van der Waals surface area contributed by atoms with Gasteiger partial charge in [-0.2, -0.15) is 5.10 Å². The number of carboxylic acids is 1. The molecule has 0 bridgehead atoms. The lowest BCUT2D eigenvalue weighted by Crippen LogP contribution is -2.04. The topological polar surface area (TPSA) is 63.8 Å². The Morgan fingerprint density at radius 1 is 1.38 bits per heavy atom. The molecule has 5 nitrogen and oxygen atoms in total. The maximum atomic E-state index is 14.3. The number of hydrogen-bond acceptors (Lipinski definition) is 4. The Balaban J connectivity index is 2.36. The number of carboxylic acid groups (broad SMARTS) is 1. The van der Waals surface area contributed by atoms with Gasteiger partial charge in [0.2, 0.25) is 0 Å². The molecule has 0 fully saturated rings. The molecule has 0 unspecified atom stereocenters. The first-order chi connectivity index (χ1) is 12.3. The first-order valence-corrected chi connectivity index (χ1v) is 8.30. The zero-order valence-corrected chi connectivity index (χ0v) is 14.6. The lowest BCUT2D eigenvalue weighted by Gasteiger charge is -2.06. The van der Waals surface area contributed by atoms with E-state index >= 15 is 0 Å². The van der Waals surface area contributed by atoms with E-state index in [1.807, 2.05) is 0 Å². The summed E-state index contributed by atoms with van der Waals surface area (Å²) in [6.45, 7) is 7.20. The van der Waals surface area contributed by atoms with Gasteiger partial charge in [0.05, 0.1) is 12.3 Å². The summed E-state index contributed by atoms with van der Waals surface area (Å²) in [5.74, 6) is -4.69. The molecule has 2 aromatic heterocycles. The van der Waals surface area contributed by atoms with Crippen LogP contribution in [-0.4, -0.2) is 27.3 Å². The minimum Gasteiger partial charge on any atom is -0.492 e. The molecule has 0 atom stereocenters. The highest BCUT2D eigenvalue weighted by Crippen LogP contribution is 2.38. The van der Waals surface area contributed by atoms with Gasteiger partial charge in [0, 0.05) is 17.2 Å². The number of thiazole rings is 1. The van der Waals surface area contributed by atoms with Crippen LogP contribution in [0.3, 0.4) is 0 Å². The molecule has 0 aliphatic rings. The molecule has 0 amide bonds. The minimum absolute atomic E-state index is 0.0797. The van der Waals surface area contributed by atoms with Crippen molar-refractivity contribution >= 4 is 27.9 Å². The number of ether oxygens (including phenoxy) is 1. The van der Waals surface area contributed by atoms with Crippen molar-refractivity contribution in [2.75, 3.05) is 6.61 Å². The van der Waals surface area contributed by atoms with Gasteiger partial charge in [-0.3, -0.25) is 0 Å². The van der Waals surface area contributed by atoms with Crippen molar-refractivity contribution in [3.05, 3.63) is 52.4 Å². The summed E-state index contributed by atoms with van der Waals surface area (Å²) in [5.41, 5.74) is 0.166. The summed E-state index contributed by atoms with van der Waals surface area (Å²) in [5, 5.41) is 13.7. The van der Waals surface area contributed by atoms with Crippen molar-refractivity contribution < 1.29 is 27.8 Å². The van der Waals surface area contributed by atoms with E-state index in [0.717, 1.165) is 17.4 Å². The predicted octanol–water partition coefficient (Wildman–Crippen LogP) is 4.49. The highest BCUT2D eigenvalue weighted by atomic mass is 32.1. The maximum absolute atomic E-state index is 14.3. The molecule has 26 heavy (non-hydrogen) atoms. The van der Waals surface area contributed by atoms with Crippen molar-refractivity contribution in [3.8, 4) is 11.1 Å². The molecule has 0 saturated heterocycles. The zero-order valence-electron chi connectivity index (χ0n) is 13.8. The van der Waals surface area contributed by atoms with Gasteiger partial charge in [-0.25, -0.2) is 22.5 Å². The Bertz CT molecular complexity index is 1060. The van der Waals surface area contributed by atoms with E-state index < -0.39 is 23.4 Å². The molecule has 2 heterocycles. The Morgan fingerprint density at radius 2 is 2.08 bits per heavy atom. The number of aromatic nitrogens is 2. The lowest BCUT2D eigenvalue weighted by atomic mass is 10.1. The van der Waals surface area contributed by atoms with Crippen LogP contribution in [0.4, 0.5) is 13.2 Å². The minimum atomic E-state index is -1.34. The van der Waals surface area contributed by atoms with Gasteiger partial charge in [0.15, 0.2) is 11.6 Å². The standard InChI is InChI=1S/C17H13F3N2O3S/c1-4-25-8(3)14-15(17(23)24)26-16-12(7(2)21-22(14)16)10-5-9(18)6-11(19)13(10)20/h5-6H,3-4H2,1-2H3,(H,23,24). The van der Waals surface area contributed by atoms with Crippen LogP contribution < -0.4 is 0 Å². The zero-order chi connectivity index (χ0) is 19.2. The number of aryl methyl sites for hydroxylation is 1. The summed E-state index contributed by atoms with van der Waals surface area (Å²) in [4.78, 5) is 11.7. The van der Waals surface area contributed by atoms with E-state index in [1.54, 1.807) is 6.92 Å². The molecule has 1 aromatic carbocycles. The second-order valence-electron chi connectivity index (χ2n) is 5.37. The molecular formula is C17H13F3N2O3S. The average Bonchev–Trinajstić information content (AvgIpc) is 3.06. The van der Waals surface area contributed by atoms with E-state index in [4.69, 9.17) is 4.74 Å². The van der Waals surface area contributed by atoms with Gasteiger partial charge in [-0.05, 0) is 19.9 Å². The van der Waals surface area contributed by atoms with Gasteiger partial charge in [0.25, 0.3) is 0 Å². The Morgan fingerprint density at radius 3 is 2.69 bits per heavy atom. The number of hydrogen-bond donors (Lipinski definition) is 1. The Kier molecular flexibility index (Phi) is 4.49. The Labute approximate surface area is 150 Å². The number of nitrogens with zero attached hydrogens (tertiary/aromatic N) is 2. The molecule has 3 rings (SSSR count). The second kappa shape index (κ2) is 6.49. The van der Waals surface area contributed by atoms with E-state index in [1.165, 1.54) is 11.4 Å². The molecule has 1 N–H and O–H groups in total. The lowest BCUT2D eigenvalue weighted by molar-refractivity contribution is 0.0700. The van der Waals surface area contributed by atoms with Crippen LogP contribution >= 0.6 is 11.3 Å². The quantitative estimate of drug-likeness (QED) is 0.522. The van der Waals surface area contributed by atoms with Crippen LogP contribution in [-0.2, 0) is 4.74 Å². The highest BCUT2D eigenvalue weighted by molar-refractivity contribution is 7.20. The van der Waals surface area contributed by atoms with Crippen LogP contribution in [0.5, 0.6) is 0 Å². The number of carbonyl (C=O) groups is 1. The van der Waals surface area contributed by atoms with Crippen LogP contribution in [0.1, 0.15) is 28.0 Å². The fraction of sp³-hybridized carbons (Fsp3) is 0.176. The molecule has 136 valence electrons. The summed E-state index contributed by atoms with van der Waals surface area (Å²) < 4.78 is 48.1. The number of rotatable bonds is 5. The molecule has 0 saturated carbocycles. The maximum Gasteiger partial charge on any atom is 0.348 e. The fourth-order valence-electron chi connectivity index (χ4n) is 2.67. The van der Waals surface area contributed by atoms with Crippen LogP contribution in [0.25, 0.3) is 21.7 Å². The van der Waals surface area contributed by atoms with E-state index in [0.29, 0.717) is 6.07 Å². The number of benzene rings is 1. The molecular weight excluding hydrogens is 369 g/mol. The van der Waals surface area contributed by atoms with Gasteiger partial charge in [0.1, 0.15) is 27.0 Å². The summed E-state index contributed by atoms with van der Waals surface area (Å²) in [6.07, 6.45) is 0. The second-order valence-corrected chi connectivity index (χ2v) is 6.37. The number of halogens is 3. The van der Waals surface area contributed by atoms with E-state index in [2.05, 4.69) is 11.7 Å². The van der Waals surface area contributed by atoms with Crippen LogP contribution in [0.15, 0.2) is 18.7 Å². The first-order valence-electron chi connectivity index (χ1n) is 7.48. The molecule has 0 aliphatic heterocycles. The average molecular weight is 382 g/mol. The van der Waals surface area contributed by atoms with Crippen molar-refractivity contribution in [2.45, 2.75) is 13.8 Å². The van der Waals surface area contributed by atoms with Gasteiger partial charge in [-0.1, -0.05) is 6.58 Å². The summed E-state index contributed by atoms with van der Waals surface area (Å²) >= 11 is 0.797. The smallest absolute Gasteiger partial charge is 0.348 e. The fourth-order valence-corrected chi connectivity index (χ4v) is 3.83. The van der Waals surface area contributed by atoms with Gasteiger partial charge in [-0.15, -0.1) is 11.3 Å². The highest BCUT2D eigenvalue weighted by Gasteiger charge is 2.27. The SMILES string of the molecule is C=C(OCC)c1c(C(=O)O)sc2c(-c3cc(F)cc(F)c3F)c(C)nn12. The van der Waals surface area contributed by atoms with E-state index in [-0.39, 0.29) is 44.6 Å². The largest absolute Gasteiger partial charge is 0.492 e. The molecule has 9 heteroatoms. The van der Waals surface area contributed by atoms with Crippen molar-refractivity contribution in [3.63, 3.8) is 0 Å². The summed E-state index contributed by atoms with van der Waals surface area (Å²) in [6, 6.07) is 1.29. The number of fused-ring (bicyclic) bond motifs is 1.